The van der Waals surface area contributed by atoms with Crippen molar-refractivity contribution in [2.75, 3.05) is 26.0 Å². The van der Waals surface area contributed by atoms with E-state index < -0.39 is 10.0 Å². The van der Waals surface area contributed by atoms with Gasteiger partial charge in [-0.3, -0.25) is 4.79 Å². The highest BCUT2D eigenvalue weighted by molar-refractivity contribution is 7.89. The Bertz CT molecular complexity index is 516. The molecule has 0 aromatic heterocycles. The molecule has 0 aliphatic carbocycles. The van der Waals surface area contributed by atoms with E-state index in [4.69, 9.17) is 16.3 Å². The van der Waals surface area contributed by atoms with Gasteiger partial charge in [-0.05, 0) is 31.3 Å². The van der Waals surface area contributed by atoms with Crippen LogP contribution in [0.25, 0.3) is 0 Å². The van der Waals surface area contributed by atoms with Crippen molar-refractivity contribution in [3.63, 3.8) is 0 Å². The van der Waals surface area contributed by atoms with E-state index in [1.54, 1.807) is 24.3 Å². The van der Waals surface area contributed by atoms with Gasteiger partial charge in [0.1, 0.15) is 5.75 Å². The summed E-state index contributed by atoms with van der Waals surface area (Å²) in [6.07, 6.45) is 0. The lowest BCUT2D eigenvalue weighted by Crippen LogP contribution is -2.35. The molecule has 1 aromatic carbocycles. The smallest absolute Gasteiger partial charge is 0.257 e. The molecule has 106 valence electrons. The number of hydrogen-bond donors (Lipinski definition) is 2. The van der Waals surface area contributed by atoms with Gasteiger partial charge in [0.2, 0.25) is 10.0 Å². The second-order valence-electron chi connectivity index (χ2n) is 3.62. The lowest BCUT2D eigenvalue weighted by atomic mass is 10.3. The van der Waals surface area contributed by atoms with E-state index in [-0.39, 0.29) is 24.8 Å². The molecule has 1 aromatic rings. The van der Waals surface area contributed by atoms with Gasteiger partial charge in [0.05, 0.1) is 5.75 Å². The van der Waals surface area contributed by atoms with Crippen LogP contribution in [0.15, 0.2) is 24.3 Å². The van der Waals surface area contributed by atoms with Crippen LogP contribution in [0.4, 0.5) is 0 Å². The molecule has 1 amide bonds. The molecular formula is C11H15ClN2O4S. The molecule has 6 nitrogen and oxygen atoms in total. The lowest BCUT2D eigenvalue weighted by Gasteiger charge is -2.07. The molecule has 8 heteroatoms. The van der Waals surface area contributed by atoms with Crippen molar-refractivity contribution in [2.45, 2.75) is 0 Å². The van der Waals surface area contributed by atoms with Crippen molar-refractivity contribution in [1.29, 1.82) is 0 Å². The fourth-order valence-corrected chi connectivity index (χ4v) is 1.86. The van der Waals surface area contributed by atoms with Crippen molar-refractivity contribution in [1.82, 2.24) is 10.0 Å². The minimum atomic E-state index is -3.31. The van der Waals surface area contributed by atoms with Crippen molar-refractivity contribution < 1.29 is 17.9 Å². The maximum absolute atomic E-state index is 11.4. The van der Waals surface area contributed by atoms with Gasteiger partial charge in [-0.1, -0.05) is 11.6 Å². The van der Waals surface area contributed by atoms with E-state index >= 15 is 0 Å². The van der Waals surface area contributed by atoms with Crippen molar-refractivity contribution in [3.8, 4) is 5.75 Å². The molecule has 0 heterocycles. The molecule has 0 aliphatic heterocycles. The van der Waals surface area contributed by atoms with Gasteiger partial charge in [0.15, 0.2) is 6.61 Å². The number of benzene rings is 1. The Morgan fingerprint density at radius 2 is 1.95 bits per heavy atom. The van der Waals surface area contributed by atoms with Gasteiger partial charge >= 0.3 is 0 Å². The number of carbonyl (C=O) groups excluding carboxylic acids is 1. The molecule has 0 aliphatic rings. The summed E-state index contributed by atoms with van der Waals surface area (Å²) in [6.45, 7) is -0.146. The van der Waals surface area contributed by atoms with Gasteiger partial charge in [-0.2, -0.15) is 0 Å². The summed E-state index contributed by atoms with van der Waals surface area (Å²) in [5.74, 6) is -0.0421. The van der Waals surface area contributed by atoms with Gasteiger partial charge < -0.3 is 10.1 Å². The maximum Gasteiger partial charge on any atom is 0.257 e. The van der Waals surface area contributed by atoms with Crippen LogP contribution in [-0.2, 0) is 14.8 Å². The Labute approximate surface area is 117 Å². The van der Waals surface area contributed by atoms with Crippen LogP contribution in [0.2, 0.25) is 5.02 Å². The number of hydrogen-bond acceptors (Lipinski definition) is 4. The van der Waals surface area contributed by atoms with Crippen molar-refractivity contribution in [3.05, 3.63) is 29.3 Å². The normalized spacial score (nSPS) is 11.1. The van der Waals surface area contributed by atoms with Gasteiger partial charge in [0.25, 0.3) is 5.91 Å². The summed E-state index contributed by atoms with van der Waals surface area (Å²) in [5.41, 5.74) is 0. The number of amides is 1. The molecule has 0 bridgehead atoms. The first-order valence-corrected chi connectivity index (χ1v) is 7.52. The zero-order valence-corrected chi connectivity index (χ0v) is 11.9. The predicted molar refractivity (Wildman–Crippen MR) is 72.8 cm³/mol. The zero-order chi connectivity index (χ0) is 14.3. The van der Waals surface area contributed by atoms with Crippen molar-refractivity contribution >= 4 is 27.5 Å². The van der Waals surface area contributed by atoms with Gasteiger partial charge in [-0.25, -0.2) is 13.1 Å². The van der Waals surface area contributed by atoms with Crippen LogP contribution in [0.5, 0.6) is 5.75 Å². The molecule has 1 rings (SSSR count). The number of carbonyl (C=O) groups is 1. The fraction of sp³-hybridized carbons (Fsp3) is 0.364. The van der Waals surface area contributed by atoms with Crippen molar-refractivity contribution in [2.24, 2.45) is 0 Å². The SMILES string of the molecule is CNS(=O)(=O)CCNC(=O)COc1ccc(Cl)cc1. The highest BCUT2D eigenvalue weighted by Crippen LogP contribution is 2.15. The molecule has 0 unspecified atom stereocenters. The summed E-state index contributed by atoms with van der Waals surface area (Å²) >= 11 is 5.70. The van der Waals surface area contributed by atoms with Crippen LogP contribution in [0.1, 0.15) is 0 Å². The molecule has 0 saturated carbocycles. The summed E-state index contributed by atoms with van der Waals surface area (Å²) in [5, 5.41) is 3.02. The summed E-state index contributed by atoms with van der Waals surface area (Å²) in [6, 6.07) is 6.57. The number of nitrogens with one attached hydrogen (secondary N) is 2. The second kappa shape index (κ2) is 7.32. The molecule has 0 atom stereocenters. The third-order valence-electron chi connectivity index (χ3n) is 2.19. The Balaban J connectivity index is 2.27. The maximum atomic E-state index is 11.4. The highest BCUT2D eigenvalue weighted by Gasteiger charge is 2.08. The largest absolute Gasteiger partial charge is 0.484 e. The molecule has 19 heavy (non-hydrogen) atoms. The fourth-order valence-electron chi connectivity index (χ4n) is 1.16. The summed E-state index contributed by atoms with van der Waals surface area (Å²) in [4.78, 5) is 11.4. The molecule has 0 saturated heterocycles. The van der Waals surface area contributed by atoms with Crippen LogP contribution in [-0.4, -0.2) is 40.3 Å². The molecule has 0 fully saturated rings. The molecule has 2 N–H and O–H groups in total. The average molecular weight is 307 g/mol. The van der Waals surface area contributed by atoms with E-state index in [1.807, 2.05) is 0 Å². The van der Waals surface area contributed by atoms with E-state index in [0.29, 0.717) is 10.8 Å². The standard InChI is InChI=1S/C11H15ClN2O4S/c1-13-19(16,17)7-6-14-11(15)8-18-10-4-2-9(12)3-5-10/h2-5,13H,6-8H2,1H3,(H,14,15). The van der Waals surface area contributed by atoms with E-state index in [0.717, 1.165) is 0 Å². The van der Waals surface area contributed by atoms with Gasteiger partial charge in [-0.15, -0.1) is 0 Å². The third-order valence-corrected chi connectivity index (χ3v) is 3.80. The molecule has 0 spiro atoms. The van der Waals surface area contributed by atoms with E-state index in [9.17, 15) is 13.2 Å². The first kappa shape index (κ1) is 15.7. The topological polar surface area (TPSA) is 84.5 Å². The van der Waals surface area contributed by atoms with Crippen LogP contribution < -0.4 is 14.8 Å². The van der Waals surface area contributed by atoms with E-state index in [2.05, 4.69) is 10.0 Å². The first-order valence-electron chi connectivity index (χ1n) is 5.49. The van der Waals surface area contributed by atoms with Crippen LogP contribution >= 0.6 is 11.6 Å². The predicted octanol–water partition coefficient (Wildman–Crippen LogP) is 0.384. The number of halogens is 1. The quantitative estimate of drug-likeness (QED) is 0.763. The number of ether oxygens (including phenoxy) is 1. The molecule has 0 radical (unpaired) electrons. The number of sulfonamides is 1. The minimum Gasteiger partial charge on any atom is -0.484 e. The monoisotopic (exact) mass is 306 g/mol. The summed E-state index contributed by atoms with van der Waals surface area (Å²) < 4.78 is 29.5. The number of rotatable bonds is 7. The third kappa shape index (κ3) is 6.42. The first-order chi connectivity index (χ1) is 8.93. The highest BCUT2D eigenvalue weighted by atomic mass is 35.5. The minimum absolute atomic E-state index is 0.0337. The average Bonchev–Trinajstić information content (AvgIpc) is 2.38. The van der Waals surface area contributed by atoms with Crippen LogP contribution in [0, 0.1) is 0 Å². The Morgan fingerprint density at radius 1 is 1.32 bits per heavy atom. The molecular weight excluding hydrogens is 292 g/mol. The lowest BCUT2D eigenvalue weighted by molar-refractivity contribution is -0.122. The summed E-state index contributed by atoms with van der Waals surface area (Å²) in [7, 11) is -1.99. The van der Waals surface area contributed by atoms with Gasteiger partial charge in [0, 0.05) is 11.6 Å². The zero-order valence-electron chi connectivity index (χ0n) is 10.3. The Hall–Kier alpha value is -1.31. The van der Waals surface area contributed by atoms with E-state index in [1.165, 1.54) is 7.05 Å². The second-order valence-corrected chi connectivity index (χ2v) is 6.10. The van der Waals surface area contributed by atoms with Crippen LogP contribution in [0.3, 0.4) is 0 Å². The Kier molecular flexibility index (Phi) is 6.07. The Morgan fingerprint density at radius 3 is 2.53 bits per heavy atom.